The normalized spacial score (nSPS) is 11.1. The second kappa shape index (κ2) is 7.34. The lowest BCUT2D eigenvalue weighted by atomic mass is 10.3. The number of carbonyl (C=O) groups is 1. The molecular weight excluding hydrogens is 264 g/mol. The molecule has 0 atom stereocenters. The minimum Gasteiger partial charge on any atom is -0.497 e. The summed E-state index contributed by atoms with van der Waals surface area (Å²) >= 11 is 4.11. The minimum atomic E-state index is -0.698. The van der Waals surface area contributed by atoms with Crippen molar-refractivity contribution in [3.8, 4) is 11.8 Å². The number of thiol groups is 1. The van der Waals surface area contributed by atoms with E-state index in [2.05, 4.69) is 17.9 Å². The Bertz CT molecular complexity index is 518. The molecule has 0 aromatic heterocycles. The number of rotatable bonds is 5. The van der Waals surface area contributed by atoms with Crippen LogP contribution in [0.15, 0.2) is 34.9 Å². The van der Waals surface area contributed by atoms with Crippen LogP contribution in [0.4, 0.5) is 5.69 Å². The standard InChI is InChI=1S/C13H14N2O3S/c1-3-18-13(16)11(8-14)12(19)15-9-4-6-10(17-2)7-5-9/h4-7,15,19H,3H2,1-2H3. The topological polar surface area (TPSA) is 71.4 Å². The Hall–Kier alpha value is -2.13. The average molecular weight is 278 g/mol. The molecule has 0 unspecified atom stereocenters. The summed E-state index contributed by atoms with van der Waals surface area (Å²) in [6, 6.07) is 8.76. The summed E-state index contributed by atoms with van der Waals surface area (Å²) in [5.74, 6) is 0.0113. The van der Waals surface area contributed by atoms with Crippen molar-refractivity contribution >= 4 is 24.3 Å². The van der Waals surface area contributed by atoms with Gasteiger partial charge < -0.3 is 14.8 Å². The molecule has 0 heterocycles. The quantitative estimate of drug-likeness (QED) is 0.374. The van der Waals surface area contributed by atoms with Crippen LogP contribution in [0, 0.1) is 11.3 Å². The molecular formula is C13H14N2O3S. The molecule has 1 aromatic carbocycles. The predicted octanol–water partition coefficient (Wildman–Crippen LogP) is 2.34. The molecule has 100 valence electrons. The fourth-order valence-corrected chi connectivity index (χ4v) is 1.54. The van der Waals surface area contributed by atoms with Gasteiger partial charge in [-0.1, -0.05) is 0 Å². The van der Waals surface area contributed by atoms with Crippen molar-refractivity contribution in [2.75, 3.05) is 19.0 Å². The van der Waals surface area contributed by atoms with E-state index in [-0.39, 0.29) is 17.2 Å². The summed E-state index contributed by atoms with van der Waals surface area (Å²) in [6.45, 7) is 1.87. The Kier molecular flexibility index (Phi) is 5.76. The van der Waals surface area contributed by atoms with Gasteiger partial charge in [0.25, 0.3) is 0 Å². The molecule has 0 aliphatic heterocycles. The number of anilines is 1. The Morgan fingerprint density at radius 2 is 2.05 bits per heavy atom. The maximum atomic E-state index is 11.5. The second-order valence-electron chi connectivity index (χ2n) is 3.41. The highest BCUT2D eigenvalue weighted by atomic mass is 32.1. The van der Waals surface area contributed by atoms with Gasteiger partial charge in [0.2, 0.25) is 0 Å². The van der Waals surface area contributed by atoms with E-state index in [0.717, 1.165) is 0 Å². The molecule has 6 heteroatoms. The lowest BCUT2D eigenvalue weighted by Gasteiger charge is -2.08. The van der Waals surface area contributed by atoms with Crippen LogP contribution >= 0.6 is 12.6 Å². The van der Waals surface area contributed by atoms with Crippen LogP contribution in [-0.2, 0) is 9.53 Å². The molecule has 0 aliphatic carbocycles. The number of ether oxygens (including phenoxy) is 2. The van der Waals surface area contributed by atoms with E-state index >= 15 is 0 Å². The van der Waals surface area contributed by atoms with Gasteiger partial charge in [0, 0.05) is 5.69 Å². The number of hydrogen-bond acceptors (Lipinski definition) is 6. The number of carbonyl (C=O) groups excluding carboxylic acids is 1. The van der Waals surface area contributed by atoms with Gasteiger partial charge in [-0.25, -0.2) is 4.79 Å². The minimum absolute atomic E-state index is 0.145. The van der Waals surface area contributed by atoms with Gasteiger partial charge >= 0.3 is 5.97 Å². The first-order valence-electron chi connectivity index (χ1n) is 5.53. The number of nitrogens with zero attached hydrogens (tertiary/aromatic N) is 1. The van der Waals surface area contributed by atoms with Crippen LogP contribution in [0.5, 0.6) is 5.75 Å². The summed E-state index contributed by atoms with van der Waals surface area (Å²) in [7, 11) is 1.57. The van der Waals surface area contributed by atoms with Crippen LogP contribution in [0.3, 0.4) is 0 Å². The molecule has 5 nitrogen and oxygen atoms in total. The largest absolute Gasteiger partial charge is 0.497 e. The molecule has 0 bridgehead atoms. The first-order valence-corrected chi connectivity index (χ1v) is 5.98. The summed E-state index contributed by atoms with van der Waals surface area (Å²) in [5.41, 5.74) is 0.517. The molecule has 1 rings (SSSR count). The highest BCUT2D eigenvalue weighted by molar-refractivity contribution is 7.84. The van der Waals surface area contributed by atoms with Crippen molar-refractivity contribution < 1.29 is 14.3 Å². The number of esters is 1. The van der Waals surface area contributed by atoms with Crippen molar-refractivity contribution in [1.29, 1.82) is 5.26 Å². The van der Waals surface area contributed by atoms with E-state index in [1.165, 1.54) is 0 Å². The molecule has 1 N–H and O–H groups in total. The Morgan fingerprint density at radius 1 is 1.42 bits per heavy atom. The average Bonchev–Trinajstić information content (AvgIpc) is 2.40. The van der Waals surface area contributed by atoms with Gasteiger partial charge in [-0.2, -0.15) is 5.26 Å². The summed E-state index contributed by atoms with van der Waals surface area (Å²) in [5, 5.41) is 11.9. The summed E-state index contributed by atoms with van der Waals surface area (Å²) in [6.07, 6.45) is 0. The zero-order valence-corrected chi connectivity index (χ0v) is 11.5. The van der Waals surface area contributed by atoms with Gasteiger partial charge in [0.1, 0.15) is 11.8 Å². The van der Waals surface area contributed by atoms with Gasteiger partial charge in [0.15, 0.2) is 5.57 Å². The Balaban J connectivity index is 2.88. The molecule has 0 amide bonds. The van der Waals surface area contributed by atoms with Crippen LogP contribution in [0.25, 0.3) is 0 Å². The zero-order valence-electron chi connectivity index (χ0n) is 10.6. The van der Waals surface area contributed by atoms with E-state index < -0.39 is 5.97 Å². The monoisotopic (exact) mass is 278 g/mol. The van der Waals surface area contributed by atoms with Crippen molar-refractivity contribution in [2.45, 2.75) is 6.92 Å². The maximum Gasteiger partial charge on any atom is 0.351 e. The smallest absolute Gasteiger partial charge is 0.351 e. The zero-order chi connectivity index (χ0) is 14.3. The number of nitriles is 1. The van der Waals surface area contributed by atoms with Crippen LogP contribution in [0.2, 0.25) is 0 Å². The molecule has 0 saturated heterocycles. The maximum absolute atomic E-state index is 11.5. The van der Waals surface area contributed by atoms with Crippen LogP contribution in [-0.4, -0.2) is 19.7 Å². The fraction of sp³-hybridized carbons (Fsp3) is 0.231. The predicted molar refractivity (Wildman–Crippen MR) is 74.9 cm³/mol. The lowest BCUT2D eigenvalue weighted by molar-refractivity contribution is -0.138. The Labute approximate surface area is 117 Å². The lowest BCUT2D eigenvalue weighted by Crippen LogP contribution is -2.10. The second-order valence-corrected chi connectivity index (χ2v) is 3.86. The number of methoxy groups -OCH3 is 1. The van der Waals surface area contributed by atoms with Crippen molar-refractivity contribution in [1.82, 2.24) is 0 Å². The number of hydrogen-bond donors (Lipinski definition) is 2. The first kappa shape index (κ1) is 14.9. The van der Waals surface area contributed by atoms with E-state index in [1.54, 1.807) is 44.4 Å². The first-order chi connectivity index (χ1) is 9.12. The van der Waals surface area contributed by atoms with Gasteiger partial charge in [-0.3, -0.25) is 0 Å². The molecule has 0 spiro atoms. The highest BCUT2D eigenvalue weighted by Crippen LogP contribution is 2.19. The van der Waals surface area contributed by atoms with Gasteiger partial charge in [-0.15, -0.1) is 12.6 Å². The SMILES string of the molecule is CCOC(=O)C(C#N)=C(S)Nc1ccc(OC)cc1. The third kappa shape index (κ3) is 4.23. The van der Waals surface area contributed by atoms with Crippen LogP contribution < -0.4 is 10.1 Å². The van der Waals surface area contributed by atoms with Crippen molar-refractivity contribution in [3.05, 3.63) is 34.9 Å². The summed E-state index contributed by atoms with van der Waals surface area (Å²) in [4.78, 5) is 11.5. The molecule has 0 radical (unpaired) electrons. The number of benzene rings is 1. The number of nitrogens with one attached hydrogen (secondary N) is 1. The van der Waals surface area contributed by atoms with Gasteiger partial charge in [0.05, 0.1) is 18.7 Å². The van der Waals surface area contributed by atoms with Crippen molar-refractivity contribution in [3.63, 3.8) is 0 Å². The van der Waals surface area contributed by atoms with Crippen molar-refractivity contribution in [2.24, 2.45) is 0 Å². The third-order valence-corrected chi connectivity index (χ3v) is 2.52. The molecule has 0 saturated carbocycles. The van der Waals surface area contributed by atoms with E-state index in [9.17, 15) is 4.79 Å². The van der Waals surface area contributed by atoms with E-state index in [4.69, 9.17) is 14.7 Å². The molecule has 0 fully saturated rings. The van der Waals surface area contributed by atoms with E-state index in [0.29, 0.717) is 11.4 Å². The molecule has 19 heavy (non-hydrogen) atoms. The van der Waals surface area contributed by atoms with Gasteiger partial charge in [-0.05, 0) is 31.2 Å². The van der Waals surface area contributed by atoms with Crippen LogP contribution in [0.1, 0.15) is 6.92 Å². The summed E-state index contributed by atoms with van der Waals surface area (Å²) < 4.78 is 9.79. The van der Waals surface area contributed by atoms with E-state index in [1.807, 2.05) is 0 Å². The highest BCUT2D eigenvalue weighted by Gasteiger charge is 2.14. The Morgan fingerprint density at radius 3 is 2.53 bits per heavy atom. The molecule has 1 aromatic rings. The third-order valence-electron chi connectivity index (χ3n) is 2.18. The molecule has 0 aliphatic rings. The fourth-order valence-electron chi connectivity index (χ4n) is 1.27.